The number of aromatic nitrogens is 1. The molecular formula is C10H8N2O2. The first kappa shape index (κ1) is 8.62. The molecule has 70 valence electrons. The van der Waals surface area contributed by atoms with Crippen LogP contribution in [0.1, 0.15) is 5.56 Å². The van der Waals surface area contributed by atoms with Gasteiger partial charge in [-0.25, -0.2) is 0 Å². The van der Waals surface area contributed by atoms with Gasteiger partial charge in [0.25, 0.3) is 0 Å². The topological polar surface area (TPSA) is 56.0 Å². The molecule has 4 heteroatoms. The molecule has 2 rings (SSSR count). The zero-order valence-electron chi connectivity index (χ0n) is 7.60. The Morgan fingerprint density at radius 1 is 1.36 bits per heavy atom. The number of benzene rings is 1. The second-order valence-corrected chi connectivity index (χ2v) is 3.07. The van der Waals surface area contributed by atoms with Crippen LogP contribution < -0.4 is 0 Å². The van der Waals surface area contributed by atoms with Crippen LogP contribution in [0.5, 0.6) is 0 Å². The molecule has 0 radical (unpaired) electrons. The molecule has 0 bridgehead atoms. The Balaban J connectivity index is 2.78. The fraction of sp³-hybridized carbons (Fsp3) is 0.100. The number of aryl methyl sites for hydroxylation is 1. The molecule has 0 aliphatic rings. The number of hydrogen-bond donors (Lipinski definition) is 0. The van der Waals surface area contributed by atoms with E-state index in [1.807, 2.05) is 25.1 Å². The highest BCUT2D eigenvalue weighted by Crippen LogP contribution is 2.20. The minimum Gasteiger partial charge on any atom is -0.358 e. The maximum atomic E-state index is 10.5. The van der Waals surface area contributed by atoms with Crippen molar-refractivity contribution >= 4 is 16.7 Å². The van der Waals surface area contributed by atoms with Gasteiger partial charge in [0.2, 0.25) is 0 Å². The van der Waals surface area contributed by atoms with Crippen molar-refractivity contribution in [3.63, 3.8) is 0 Å². The largest absolute Gasteiger partial charge is 0.364 e. The van der Waals surface area contributed by atoms with E-state index in [9.17, 15) is 10.1 Å². The summed E-state index contributed by atoms with van der Waals surface area (Å²) in [5.41, 5.74) is 1.54. The molecule has 2 aromatic rings. The van der Waals surface area contributed by atoms with E-state index in [4.69, 9.17) is 0 Å². The summed E-state index contributed by atoms with van der Waals surface area (Å²) in [7, 11) is 0. The number of rotatable bonds is 1. The summed E-state index contributed by atoms with van der Waals surface area (Å²) >= 11 is 0. The van der Waals surface area contributed by atoms with E-state index in [0.29, 0.717) is 5.52 Å². The molecule has 1 heterocycles. The van der Waals surface area contributed by atoms with Gasteiger partial charge in [0, 0.05) is 11.5 Å². The summed E-state index contributed by atoms with van der Waals surface area (Å²) < 4.78 is 0. The number of para-hydroxylation sites is 1. The lowest BCUT2D eigenvalue weighted by Crippen LogP contribution is -1.93. The number of nitro groups is 1. The van der Waals surface area contributed by atoms with Crippen molar-refractivity contribution in [1.29, 1.82) is 0 Å². The predicted molar refractivity (Wildman–Crippen MR) is 53.1 cm³/mol. The van der Waals surface area contributed by atoms with Gasteiger partial charge in [0.1, 0.15) is 0 Å². The Hall–Kier alpha value is -1.97. The van der Waals surface area contributed by atoms with Crippen molar-refractivity contribution < 1.29 is 4.92 Å². The van der Waals surface area contributed by atoms with Gasteiger partial charge >= 0.3 is 5.82 Å². The second kappa shape index (κ2) is 3.06. The summed E-state index contributed by atoms with van der Waals surface area (Å²) in [5, 5.41) is 11.5. The van der Waals surface area contributed by atoms with Crippen molar-refractivity contribution in [2.45, 2.75) is 6.92 Å². The van der Waals surface area contributed by atoms with Crippen LogP contribution in [0.3, 0.4) is 0 Å². The molecule has 0 saturated heterocycles. The maximum Gasteiger partial charge on any atom is 0.364 e. The van der Waals surface area contributed by atoms with E-state index in [-0.39, 0.29) is 5.82 Å². The van der Waals surface area contributed by atoms with E-state index in [1.165, 1.54) is 6.07 Å². The average molecular weight is 188 g/mol. The minimum absolute atomic E-state index is 0.0961. The van der Waals surface area contributed by atoms with Gasteiger partial charge in [-0.15, -0.1) is 0 Å². The molecule has 1 aromatic heterocycles. The molecule has 0 amide bonds. The van der Waals surface area contributed by atoms with Crippen LogP contribution in [0.2, 0.25) is 0 Å². The first-order chi connectivity index (χ1) is 6.68. The zero-order valence-corrected chi connectivity index (χ0v) is 7.60. The monoisotopic (exact) mass is 188 g/mol. The minimum atomic E-state index is -0.473. The fourth-order valence-electron chi connectivity index (χ4n) is 1.43. The number of hydrogen-bond acceptors (Lipinski definition) is 3. The van der Waals surface area contributed by atoms with Crippen molar-refractivity contribution in [2.24, 2.45) is 0 Å². The van der Waals surface area contributed by atoms with Crippen LogP contribution in [0.15, 0.2) is 30.3 Å². The maximum absolute atomic E-state index is 10.5. The Morgan fingerprint density at radius 3 is 2.79 bits per heavy atom. The number of nitrogens with zero attached hydrogens (tertiary/aromatic N) is 2. The molecule has 4 nitrogen and oxygen atoms in total. The fourth-order valence-corrected chi connectivity index (χ4v) is 1.43. The normalized spacial score (nSPS) is 10.4. The second-order valence-electron chi connectivity index (χ2n) is 3.07. The van der Waals surface area contributed by atoms with Gasteiger partial charge in [-0.05, 0) is 28.5 Å². The van der Waals surface area contributed by atoms with Gasteiger partial charge in [-0.3, -0.25) is 0 Å². The Labute approximate surface area is 80.4 Å². The molecular weight excluding hydrogens is 180 g/mol. The third-order valence-electron chi connectivity index (χ3n) is 2.10. The van der Waals surface area contributed by atoms with Crippen LogP contribution in [-0.2, 0) is 0 Å². The lowest BCUT2D eigenvalue weighted by Gasteiger charge is -1.98. The SMILES string of the molecule is Cc1cc([N+](=O)[O-])nc2ccccc12. The summed E-state index contributed by atoms with van der Waals surface area (Å²) in [6.45, 7) is 1.84. The lowest BCUT2D eigenvalue weighted by atomic mass is 10.1. The van der Waals surface area contributed by atoms with Crippen molar-refractivity contribution in [1.82, 2.24) is 4.98 Å². The molecule has 0 spiro atoms. The molecule has 0 saturated carbocycles. The Bertz CT molecular complexity index is 508. The van der Waals surface area contributed by atoms with Crippen LogP contribution >= 0.6 is 0 Å². The van der Waals surface area contributed by atoms with E-state index in [0.717, 1.165) is 10.9 Å². The highest BCUT2D eigenvalue weighted by atomic mass is 16.6. The Morgan fingerprint density at radius 2 is 2.07 bits per heavy atom. The molecule has 0 unspecified atom stereocenters. The molecule has 14 heavy (non-hydrogen) atoms. The van der Waals surface area contributed by atoms with Gasteiger partial charge in [0.05, 0.1) is 0 Å². The third kappa shape index (κ3) is 1.31. The van der Waals surface area contributed by atoms with Gasteiger partial charge in [-0.1, -0.05) is 18.2 Å². The van der Waals surface area contributed by atoms with Gasteiger partial charge in [-0.2, -0.15) is 0 Å². The van der Waals surface area contributed by atoms with Crippen LogP contribution in [0, 0.1) is 17.0 Å². The molecule has 0 N–H and O–H groups in total. The quantitative estimate of drug-likeness (QED) is 0.510. The predicted octanol–water partition coefficient (Wildman–Crippen LogP) is 2.45. The zero-order chi connectivity index (χ0) is 10.1. The number of fused-ring (bicyclic) bond motifs is 1. The Kier molecular flexibility index (Phi) is 1.89. The van der Waals surface area contributed by atoms with E-state index >= 15 is 0 Å². The first-order valence-electron chi connectivity index (χ1n) is 4.19. The van der Waals surface area contributed by atoms with E-state index in [1.54, 1.807) is 6.07 Å². The van der Waals surface area contributed by atoms with E-state index in [2.05, 4.69) is 4.98 Å². The molecule has 1 aromatic carbocycles. The highest BCUT2D eigenvalue weighted by molar-refractivity contribution is 5.82. The lowest BCUT2D eigenvalue weighted by molar-refractivity contribution is -0.389. The summed E-state index contributed by atoms with van der Waals surface area (Å²) in [6, 6.07) is 8.88. The molecule has 0 atom stereocenters. The highest BCUT2D eigenvalue weighted by Gasteiger charge is 2.11. The molecule has 0 fully saturated rings. The molecule has 0 aliphatic heterocycles. The van der Waals surface area contributed by atoms with Crippen molar-refractivity contribution in [2.75, 3.05) is 0 Å². The number of pyridine rings is 1. The summed E-state index contributed by atoms with van der Waals surface area (Å²) in [4.78, 5) is 14.0. The first-order valence-corrected chi connectivity index (χ1v) is 4.19. The standard InChI is InChI=1S/C10H8N2O2/c1-7-6-10(12(13)14)11-9-5-3-2-4-8(7)9/h2-6H,1H3. The molecule has 0 aliphatic carbocycles. The average Bonchev–Trinajstić information content (AvgIpc) is 2.17. The van der Waals surface area contributed by atoms with Gasteiger partial charge in [0.15, 0.2) is 5.52 Å². The third-order valence-corrected chi connectivity index (χ3v) is 2.10. The van der Waals surface area contributed by atoms with Crippen LogP contribution in [-0.4, -0.2) is 9.91 Å². The van der Waals surface area contributed by atoms with Crippen LogP contribution in [0.25, 0.3) is 10.9 Å². The van der Waals surface area contributed by atoms with Crippen LogP contribution in [0.4, 0.5) is 5.82 Å². The summed E-state index contributed by atoms with van der Waals surface area (Å²) in [6.07, 6.45) is 0. The smallest absolute Gasteiger partial charge is 0.358 e. The summed E-state index contributed by atoms with van der Waals surface area (Å²) in [5.74, 6) is -0.0961. The van der Waals surface area contributed by atoms with E-state index < -0.39 is 4.92 Å². The van der Waals surface area contributed by atoms with Crippen molar-refractivity contribution in [3.05, 3.63) is 46.0 Å². The van der Waals surface area contributed by atoms with Crippen molar-refractivity contribution in [3.8, 4) is 0 Å². The van der Waals surface area contributed by atoms with Gasteiger partial charge < -0.3 is 10.1 Å².